The second kappa shape index (κ2) is 18.2. The van der Waals surface area contributed by atoms with Crippen molar-refractivity contribution in [2.75, 3.05) is 18.0 Å². The molecule has 3 atom stereocenters. The molecule has 2 N–H and O–H groups in total. The van der Waals surface area contributed by atoms with Gasteiger partial charge in [0, 0.05) is 28.9 Å². The summed E-state index contributed by atoms with van der Waals surface area (Å²) in [7, 11) is 0. The molecule has 1 aliphatic carbocycles. The second-order valence-corrected chi connectivity index (χ2v) is 12.6. The Bertz CT molecular complexity index is 1140. The fourth-order valence-electron chi connectivity index (χ4n) is 4.87. The fraction of sp³-hybridized carbons (Fsp3) is 0.500. The number of nitrogens with zero attached hydrogens (tertiary/aromatic N) is 1. The first-order chi connectivity index (χ1) is 19.6. The number of rotatable bonds is 14. The van der Waals surface area contributed by atoms with E-state index in [2.05, 4.69) is 56.0 Å². The topological polar surface area (TPSA) is 61.8 Å². The Morgan fingerprint density at radius 2 is 1.98 bits per heavy atom. The van der Waals surface area contributed by atoms with E-state index >= 15 is 0 Å². The summed E-state index contributed by atoms with van der Waals surface area (Å²) in [5.41, 5.74) is 4.20. The summed E-state index contributed by atoms with van der Waals surface area (Å²) < 4.78 is 8.53. The maximum absolute atomic E-state index is 12.6. The van der Waals surface area contributed by atoms with Gasteiger partial charge in [-0.15, -0.1) is 0 Å². The van der Waals surface area contributed by atoms with Crippen molar-refractivity contribution in [2.24, 2.45) is 11.8 Å². The number of anilines is 1. The minimum Gasteiger partial charge on any atom is -0.463 e. The molecule has 0 bridgehead atoms. The van der Waals surface area contributed by atoms with E-state index in [4.69, 9.17) is 16.3 Å². The minimum absolute atomic E-state index is 0.113. The molecule has 3 unspecified atom stereocenters. The zero-order valence-electron chi connectivity index (χ0n) is 25.7. The van der Waals surface area contributed by atoms with Crippen LogP contribution < -0.4 is 14.4 Å². The molecule has 0 aliphatic heterocycles. The molecule has 41 heavy (non-hydrogen) atoms. The van der Waals surface area contributed by atoms with Crippen LogP contribution in [0.15, 0.2) is 61.4 Å². The van der Waals surface area contributed by atoms with Crippen LogP contribution in [0.2, 0.25) is 5.02 Å². The number of aryl methyl sites for hydroxylation is 2. The number of aliphatic hydroxyl groups is 1. The Hall–Kier alpha value is -2.41. The van der Waals surface area contributed by atoms with Crippen LogP contribution in [0, 0.1) is 18.8 Å². The molecule has 1 saturated carbocycles. The second-order valence-electron chi connectivity index (χ2n) is 10.8. The van der Waals surface area contributed by atoms with E-state index in [1.54, 1.807) is 6.07 Å². The Kier molecular flexibility index (Phi) is 15.4. The van der Waals surface area contributed by atoms with Gasteiger partial charge in [0.2, 0.25) is 0 Å². The number of halogens is 1. The molecule has 2 aromatic carbocycles. The first kappa shape index (κ1) is 34.8. The van der Waals surface area contributed by atoms with Crippen LogP contribution in [-0.2, 0) is 6.42 Å². The zero-order valence-corrected chi connectivity index (χ0v) is 27.2. The van der Waals surface area contributed by atoms with Crippen molar-refractivity contribution in [3.05, 3.63) is 83.1 Å². The summed E-state index contributed by atoms with van der Waals surface area (Å²) >= 11 is 7.26. The molecule has 0 saturated heterocycles. The molecule has 5 nitrogen and oxygen atoms in total. The number of hydrogen-bond donors (Lipinski definition) is 2. The molecular weight excluding hydrogens is 552 g/mol. The molecule has 1 aliphatic rings. The molecule has 0 heterocycles. The van der Waals surface area contributed by atoms with Gasteiger partial charge in [0.15, 0.2) is 0 Å². The van der Waals surface area contributed by atoms with Crippen LogP contribution >= 0.6 is 23.5 Å². The van der Waals surface area contributed by atoms with Gasteiger partial charge in [-0.3, -0.25) is 9.52 Å². The monoisotopic (exact) mass is 600 g/mol. The van der Waals surface area contributed by atoms with E-state index in [-0.39, 0.29) is 11.8 Å². The normalized spacial score (nSPS) is 16.9. The van der Waals surface area contributed by atoms with Gasteiger partial charge in [0.25, 0.3) is 5.91 Å². The number of amides is 1. The summed E-state index contributed by atoms with van der Waals surface area (Å²) in [6, 6.07) is 11.6. The molecule has 2 aromatic rings. The quantitative estimate of drug-likeness (QED) is 0.129. The highest BCUT2D eigenvalue weighted by Crippen LogP contribution is 2.40. The van der Waals surface area contributed by atoms with Gasteiger partial charge in [-0.25, -0.2) is 0 Å². The van der Waals surface area contributed by atoms with Gasteiger partial charge in [-0.1, -0.05) is 70.5 Å². The van der Waals surface area contributed by atoms with E-state index < -0.39 is 6.10 Å². The first-order valence-corrected chi connectivity index (χ1v) is 16.1. The predicted molar refractivity (Wildman–Crippen MR) is 177 cm³/mol. The Morgan fingerprint density at radius 3 is 2.56 bits per heavy atom. The van der Waals surface area contributed by atoms with E-state index in [0.29, 0.717) is 22.5 Å². The van der Waals surface area contributed by atoms with E-state index in [9.17, 15) is 9.90 Å². The van der Waals surface area contributed by atoms with Crippen molar-refractivity contribution in [1.82, 2.24) is 4.72 Å². The number of ether oxygens (including phenoxy) is 1. The molecule has 0 radical (unpaired) electrons. The van der Waals surface area contributed by atoms with Crippen molar-refractivity contribution >= 4 is 35.1 Å². The van der Waals surface area contributed by atoms with Crippen molar-refractivity contribution in [2.45, 2.75) is 85.0 Å². The van der Waals surface area contributed by atoms with E-state index in [1.807, 2.05) is 44.2 Å². The van der Waals surface area contributed by atoms with Crippen LogP contribution in [0.25, 0.3) is 0 Å². The van der Waals surface area contributed by atoms with Crippen molar-refractivity contribution in [3.8, 4) is 5.75 Å². The summed E-state index contributed by atoms with van der Waals surface area (Å²) in [5, 5.41) is 11.6. The Morgan fingerprint density at radius 1 is 1.22 bits per heavy atom. The minimum atomic E-state index is -0.392. The molecule has 7 heteroatoms. The van der Waals surface area contributed by atoms with Crippen LogP contribution in [0.5, 0.6) is 5.75 Å². The number of carbonyl (C=O) groups is 1. The first-order valence-electron chi connectivity index (χ1n) is 14.9. The van der Waals surface area contributed by atoms with Crippen LogP contribution in [0.4, 0.5) is 5.69 Å². The summed E-state index contributed by atoms with van der Waals surface area (Å²) in [4.78, 5) is 14.8. The largest absolute Gasteiger partial charge is 0.463 e. The third kappa shape index (κ3) is 11.1. The number of allylic oxidation sites excluding steroid dienone is 1. The van der Waals surface area contributed by atoms with Gasteiger partial charge in [0.1, 0.15) is 5.75 Å². The average molecular weight is 601 g/mol. The number of aliphatic hydroxyl groups excluding tert-OH is 1. The van der Waals surface area contributed by atoms with E-state index in [0.717, 1.165) is 49.5 Å². The lowest BCUT2D eigenvalue weighted by atomic mass is 9.70. The lowest BCUT2D eigenvalue weighted by Crippen LogP contribution is -2.43. The van der Waals surface area contributed by atoms with Crippen LogP contribution in [-0.4, -0.2) is 35.5 Å². The maximum Gasteiger partial charge on any atom is 0.261 e. The lowest BCUT2D eigenvalue weighted by Gasteiger charge is -2.42. The van der Waals surface area contributed by atoms with E-state index in [1.165, 1.54) is 35.8 Å². The fourth-order valence-corrected chi connectivity index (χ4v) is 5.53. The SMILES string of the molecule is C=COc1ccc(C(=O)NSC(C)C)cc1N(CC)CC1CCC1C(O)/C=C/CC.CCCc1cc(Cl)ccc1C. The highest BCUT2D eigenvalue weighted by molar-refractivity contribution is 7.98. The molecule has 0 aromatic heterocycles. The molecule has 226 valence electrons. The van der Waals surface area contributed by atoms with Gasteiger partial charge in [-0.05, 0) is 105 Å². The van der Waals surface area contributed by atoms with Gasteiger partial charge >= 0.3 is 0 Å². The molecule has 1 fully saturated rings. The highest BCUT2D eigenvalue weighted by Gasteiger charge is 2.36. The Labute approximate surface area is 257 Å². The smallest absolute Gasteiger partial charge is 0.261 e. The summed E-state index contributed by atoms with van der Waals surface area (Å²) in [5.74, 6) is 1.26. The number of benzene rings is 2. The number of hydrogen-bond acceptors (Lipinski definition) is 5. The van der Waals surface area contributed by atoms with Crippen molar-refractivity contribution in [1.29, 1.82) is 0 Å². The summed E-state index contributed by atoms with van der Waals surface area (Å²) in [6.07, 6.45) is 10.4. The van der Waals surface area contributed by atoms with Crippen LogP contribution in [0.3, 0.4) is 0 Å². The van der Waals surface area contributed by atoms with Gasteiger partial charge < -0.3 is 14.7 Å². The molecule has 0 spiro atoms. The van der Waals surface area contributed by atoms with Crippen molar-refractivity contribution < 1.29 is 14.6 Å². The van der Waals surface area contributed by atoms with Gasteiger partial charge in [-0.2, -0.15) is 0 Å². The van der Waals surface area contributed by atoms with Gasteiger partial charge in [0.05, 0.1) is 18.1 Å². The molecule has 1 amide bonds. The number of carbonyl (C=O) groups excluding carboxylic acids is 1. The number of nitrogens with one attached hydrogen (secondary N) is 1. The highest BCUT2D eigenvalue weighted by atomic mass is 35.5. The predicted octanol–water partition coefficient (Wildman–Crippen LogP) is 8.78. The lowest BCUT2D eigenvalue weighted by molar-refractivity contribution is 0.0463. The third-order valence-electron chi connectivity index (χ3n) is 7.31. The third-order valence-corrected chi connectivity index (χ3v) is 8.32. The molecule has 3 rings (SSSR count). The van der Waals surface area contributed by atoms with Crippen LogP contribution in [0.1, 0.15) is 81.8 Å². The zero-order chi connectivity index (χ0) is 30.4. The summed E-state index contributed by atoms with van der Waals surface area (Å²) in [6.45, 7) is 17.8. The average Bonchev–Trinajstić information content (AvgIpc) is 2.93. The molecular formula is C34H49ClN2O3S. The maximum atomic E-state index is 12.6. The van der Waals surface area contributed by atoms with Crippen molar-refractivity contribution in [3.63, 3.8) is 0 Å². The Balaban J connectivity index is 0.000000446. The standard InChI is InChI=1S/C24H36N2O3S.C10H13Cl/c1-6-9-10-22(27)20-13-11-19(20)16-26(7-2)21-15-18(12-14-23(21)29-8-3)24(28)25-30-17(4)5;1-3-4-9-7-10(11)6-5-8(9)2/h8-10,12,14-15,17,19-20,22,27H,3,6-7,11,13,16H2,1-2,4-5H3,(H,25,28);5-7H,3-4H2,1-2H3/b10-9+;.